The molecule has 270 valence electrons. The van der Waals surface area contributed by atoms with Crippen LogP contribution in [0.4, 0.5) is 0 Å². The van der Waals surface area contributed by atoms with E-state index in [-0.39, 0.29) is 30.6 Å². The summed E-state index contributed by atoms with van der Waals surface area (Å²) in [6, 6.07) is 0. The second-order valence-corrected chi connectivity index (χ2v) is 13.5. The van der Waals surface area contributed by atoms with Crippen molar-refractivity contribution in [3.8, 4) is 0 Å². The summed E-state index contributed by atoms with van der Waals surface area (Å²) in [6.07, 6.45) is 39.4. The largest absolute Gasteiger partial charge is 0.465 e. The van der Waals surface area contributed by atoms with Gasteiger partial charge in [0.2, 0.25) is 0 Å². The standard InChI is InChI=1S/C41H76O5/c1-4-7-10-13-14-15-16-17-18-19-20-21-22-23-29-34-40(43)45-37-38(36-42)31-26-24-25-30-35-41(44)46-39(32-27-11-8-5-2)33-28-12-9-6-3/h14-15,17-18,38-39,42H,4-13,16,19-37H2,1-3H3/b15-14-,18-17-. The molecule has 1 atom stereocenters. The van der Waals surface area contributed by atoms with Gasteiger partial charge in [-0.3, -0.25) is 9.59 Å². The molecule has 0 aromatic carbocycles. The van der Waals surface area contributed by atoms with Crippen molar-refractivity contribution in [2.24, 2.45) is 5.92 Å². The molecule has 0 aromatic rings. The van der Waals surface area contributed by atoms with Gasteiger partial charge in [-0.15, -0.1) is 0 Å². The third kappa shape index (κ3) is 32.3. The zero-order valence-electron chi connectivity index (χ0n) is 30.8. The minimum Gasteiger partial charge on any atom is -0.465 e. The lowest BCUT2D eigenvalue weighted by atomic mass is 10.0. The number of allylic oxidation sites excluding steroid dienone is 4. The van der Waals surface area contributed by atoms with Crippen LogP contribution in [0.3, 0.4) is 0 Å². The van der Waals surface area contributed by atoms with Gasteiger partial charge in [0, 0.05) is 25.4 Å². The van der Waals surface area contributed by atoms with Gasteiger partial charge in [-0.05, 0) is 77.0 Å². The van der Waals surface area contributed by atoms with Crippen molar-refractivity contribution in [2.45, 2.75) is 207 Å². The van der Waals surface area contributed by atoms with Gasteiger partial charge in [-0.2, -0.15) is 0 Å². The molecule has 0 rings (SSSR count). The lowest BCUT2D eigenvalue weighted by molar-refractivity contribution is -0.150. The average Bonchev–Trinajstić information content (AvgIpc) is 3.05. The topological polar surface area (TPSA) is 72.8 Å². The Morgan fingerprint density at radius 3 is 1.59 bits per heavy atom. The maximum absolute atomic E-state index is 12.5. The van der Waals surface area contributed by atoms with Gasteiger partial charge in [0.05, 0.1) is 6.61 Å². The van der Waals surface area contributed by atoms with Crippen molar-refractivity contribution in [3.05, 3.63) is 24.3 Å². The number of aliphatic hydroxyl groups is 1. The van der Waals surface area contributed by atoms with Gasteiger partial charge in [0.15, 0.2) is 0 Å². The first-order chi connectivity index (χ1) is 22.6. The van der Waals surface area contributed by atoms with Gasteiger partial charge >= 0.3 is 11.9 Å². The van der Waals surface area contributed by atoms with E-state index in [0.29, 0.717) is 19.4 Å². The molecule has 0 fully saturated rings. The fourth-order valence-corrected chi connectivity index (χ4v) is 5.75. The minimum absolute atomic E-state index is 0.000284. The predicted octanol–water partition coefficient (Wildman–Crippen LogP) is 12.1. The molecule has 5 nitrogen and oxygen atoms in total. The van der Waals surface area contributed by atoms with Crippen molar-refractivity contribution in [2.75, 3.05) is 13.2 Å². The van der Waals surface area contributed by atoms with Gasteiger partial charge in [0.1, 0.15) is 6.10 Å². The number of aliphatic hydroxyl groups excluding tert-OH is 1. The zero-order chi connectivity index (χ0) is 33.8. The molecule has 46 heavy (non-hydrogen) atoms. The first-order valence-corrected chi connectivity index (χ1v) is 19.8. The average molecular weight is 649 g/mol. The Balaban J connectivity index is 3.83. The number of ether oxygens (including phenoxy) is 2. The number of esters is 2. The van der Waals surface area contributed by atoms with Crippen molar-refractivity contribution < 1.29 is 24.2 Å². The van der Waals surface area contributed by atoms with Crippen LogP contribution in [0.1, 0.15) is 201 Å². The lowest BCUT2D eigenvalue weighted by Gasteiger charge is -2.18. The minimum atomic E-state index is -0.142. The molecule has 1 unspecified atom stereocenters. The molecule has 0 radical (unpaired) electrons. The number of rotatable bonds is 35. The number of carbonyl (C=O) groups excluding carboxylic acids is 2. The van der Waals surface area contributed by atoms with Crippen LogP contribution in [-0.4, -0.2) is 36.4 Å². The van der Waals surface area contributed by atoms with E-state index in [4.69, 9.17) is 9.47 Å². The summed E-state index contributed by atoms with van der Waals surface area (Å²) in [6.45, 7) is 7.04. The van der Waals surface area contributed by atoms with Crippen LogP contribution in [0, 0.1) is 5.92 Å². The molecule has 0 aromatic heterocycles. The molecule has 0 spiro atoms. The summed E-state index contributed by atoms with van der Waals surface area (Å²) < 4.78 is 11.4. The van der Waals surface area contributed by atoms with Gasteiger partial charge in [-0.25, -0.2) is 0 Å². The van der Waals surface area contributed by atoms with Crippen LogP contribution in [-0.2, 0) is 19.1 Å². The van der Waals surface area contributed by atoms with E-state index in [1.807, 2.05) is 0 Å². The maximum Gasteiger partial charge on any atom is 0.306 e. The SMILES string of the molecule is CCCCC/C=C\C/C=C\CCCCCCCC(=O)OCC(CO)CCCCCCC(=O)OC(CCCCCC)CCCCCC. The van der Waals surface area contributed by atoms with Gasteiger partial charge in [-0.1, -0.05) is 135 Å². The molecule has 5 heteroatoms. The van der Waals surface area contributed by atoms with E-state index in [2.05, 4.69) is 45.1 Å². The molecule has 0 saturated heterocycles. The van der Waals surface area contributed by atoms with Crippen LogP contribution < -0.4 is 0 Å². The predicted molar refractivity (Wildman–Crippen MR) is 196 cm³/mol. The summed E-state index contributed by atoms with van der Waals surface area (Å²) >= 11 is 0. The van der Waals surface area contributed by atoms with Crippen molar-refractivity contribution >= 4 is 11.9 Å². The third-order valence-corrected chi connectivity index (χ3v) is 8.87. The van der Waals surface area contributed by atoms with Crippen LogP contribution in [0.2, 0.25) is 0 Å². The summed E-state index contributed by atoms with van der Waals surface area (Å²) in [7, 11) is 0. The lowest BCUT2D eigenvalue weighted by Crippen LogP contribution is -2.18. The highest BCUT2D eigenvalue weighted by molar-refractivity contribution is 5.69. The summed E-state index contributed by atoms with van der Waals surface area (Å²) in [4.78, 5) is 24.6. The molecule has 0 amide bonds. The van der Waals surface area contributed by atoms with E-state index in [1.54, 1.807) is 0 Å². The van der Waals surface area contributed by atoms with Crippen molar-refractivity contribution in [1.82, 2.24) is 0 Å². The van der Waals surface area contributed by atoms with Crippen LogP contribution in [0.15, 0.2) is 24.3 Å². The normalized spacial score (nSPS) is 12.5. The Labute approximate surface area is 285 Å². The van der Waals surface area contributed by atoms with Crippen LogP contribution in [0.25, 0.3) is 0 Å². The fourth-order valence-electron chi connectivity index (χ4n) is 5.75. The summed E-state index contributed by atoms with van der Waals surface area (Å²) in [5.41, 5.74) is 0. The summed E-state index contributed by atoms with van der Waals surface area (Å²) in [5.74, 6) is -0.184. The number of unbranched alkanes of at least 4 members (excludes halogenated alkanes) is 17. The van der Waals surface area contributed by atoms with Gasteiger partial charge in [0.25, 0.3) is 0 Å². The Morgan fingerprint density at radius 2 is 1.00 bits per heavy atom. The monoisotopic (exact) mass is 649 g/mol. The molecule has 0 heterocycles. The molecule has 1 N–H and O–H groups in total. The fraction of sp³-hybridized carbons (Fsp3) is 0.854. The van der Waals surface area contributed by atoms with E-state index in [1.165, 1.54) is 77.0 Å². The second kappa shape index (κ2) is 36.2. The zero-order valence-corrected chi connectivity index (χ0v) is 30.8. The van der Waals surface area contributed by atoms with Crippen LogP contribution in [0.5, 0.6) is 0 Å². The van der Waals surface area contributed by atoms with Crippen LogP contribution >= 0.6 is 0 Å². The van der Waals surface area contributed by atoms with E-state index >= 15 is 0 Å². The van der Waals surface area contributed by atoms with Gasteiger partial charge < -0.3 is 14.6 Å². The third-order valence-electron chi connectivity index (χ3n) is 8.87. The molecular weight excluding hydrogens is 572 g/mol. The van der Waals surface area contributed by atoms with E-state index in [9.17, 15) is 14.7 Å². The maximum atomic E-state index is 12.5. The Bertz CT molecular complexity index is 704. The quantitative estimate of drug-likeness (QED) is 0.0420. The number of hydrogen-bond acceptors (Lipinski definition) is 5. The van der Waals surface area contributed by atoms with Crippen molar-refractivity contribution in [1.29, 1.82) is 0 Å². The van der Waals surface area contributed by atoms with Crippen molar-refractivity contribution in [3.63, 3.8) is 0 Å². The van der Waals surface area contributed by atoms with E-state index in [0.717, 1.165) is 89.9 Å². The summed E-state index contributed by atoms with van der Waals surface area (Å²) in [5, 5.41) is 9.74. The Hall–Kier alpha value is -1.62. The highest BCUT2D eigenvalue weighted by atomic mass is 16.5. The molecule has 0 saturated carbocycles. The molecule has 0 aliphatic carbocycles. The Morgan fingerprint density at radius 1 is 0.543 bits per heavy atom. The smallest absolute Gasteiger partial charge is 0.306 e. The highest BCUT2D eigenvalue weighted by Gasteiger charge is 2.15. The first kappa shape index (κ1) is 44.4. The molecular formula is C41H76O5. The number of hydrogen-bond donors (Lipinski definition) is 1. The molecule has 0 aliphatic heterocycles. The Kier molecular flexibility index (Phi) is 34.9. The second-order valence-electron chi connectivity index (χ2n) is 13.5. The number of carbonyl (C=O) groups is 2. The molecule has 0 bridgehead atoms. The highest BCUT2D eigenvalue weighted by Crippen LogP contribution is 2.18. The van der Waals surface area contributed by atoms with E-state index < -0.39 is 0 Å². The molecule has 0 aliphatic rings. The first-order valence-electron chi connectivity index (χ1n) is 19.8.